The first-order valence-electron chi connectivity index (χ1n) is 9.33. The second-order valence-electron chi connectivity index (χ2n) is 7.51. The van der Waals surface area contributed by atoms with Crippen molar-refractivity contribution in [3.05, 3.63) is 58.7 Å². The standard InChI is InChI=1S/C21H26ClN3O2/c1-15-9-11-25(12-10-15)20(26)16-7-8-19(23-13-16)24-14-21(2,27)17-5-3-4-6-18(17)22/h3-8,13,15,27H,9-12,14H2,1-2H3,(H,23,24). The lowest BCUT2D eigenvalue weighted by atomic mass is 9.96. The van der Waals surface area contributed by atoms with Gasteiger partial charge in [0.25, 0.3) is 5.91 Å². The van der Waals surface area contributed by atoms with E-state index in [-0.39, 0.29) is 12.5 Å². The molecular weight excluding hydrogens is 362 g/mol. The molecule has 1 aromatic carbocycles. The van der Waals surface area contributed by atoms with Gasteiger partial charge in [0.1, 0.15) is 11.4 Å². The fourth-order valence-corrected chi connectivity index (χ4v) is 3.61. The SMILES string of the molecule is CC1CCN(C(=O)c2ccc(NCC(C)(O)c3ccccc3Cl)nc2)CC1. The van der Waals surface area contributed by atoms with Crippen molar-refractivity contribution in [2.24, 2.45) is 5.92 Å². The number of amides is 1. The van der Waals surface area contributed by atoms with E-state index in [2.05, 4.69) is 17.2 Å². The molecule has 0 saturated carbocycles. The molecular formula is C21H26ClN3O2. The molecule has 1 amide bonds. The number of hydrogen-bond acceptors (Lipinski definition) is 4. The minimum Gasteiger partial charge on any atom is -0.384 e. The van der Waals surface area contributed by atoms with Crippen molar-refractivity contribution in [1.29, 1.82) is 0 Å². The number of carbonyl (C=O) groups excluding carboxylic acids is 1. The number of pyridine rings is 1. The van der Waals surface area contributed by atoms with Crippen LogP contribution in [-0.4, -0.2) is 40.5 Å². The molecule has 144 valence electrons. The van der Waals surface area contributed by atoms with Gasteiger partial charge in [-0.15, -0.1) is 0 Å². The fourth-order valence-electron chi connectivity index (χ4n) is 3.28. The number of piperidine rings is 1. The molecule has 1 saturated heterocycles. The number of likely N-dealkylation sites (tertiary alicyclic amines) is 1. The summed E-state index contributed by atoms with van der Waals surface area (Å²) in [6, 6.07) is 10.8. The van der Waals surface area contributed by atoms with Gasteiger partial charge in [-0.25, -0.2) is 4.98 Å². The van der Waals surface area contributed by atoms with E-state index in [0.29, 0.717) is 27.9 Å². The second-order valence-corrected chi connectivity index (χ2v) is 7.92. The molecule has 1 aliphatic rings. The highest BCUT2D eigenvalue weighted by molar-refractivity contribution is 6.31. The average molecular weight is 388 g/mol. The third-order valence-electron chi connectivity index (χ3n) is 5.15. The van der Waals surface area contributed by atoms with Gasteiger partial charge >= 0.3 is 0 Å². The molecule has 0 bridgehead atoms. The third kappa shape index (κ3) is 4.79. The largest absolute Gasteiger partial charge is 0.384 e. The Labute approximate surface area is 165 Å². The average Bonchev–Trinajstić information content (AvgIpc) is 2.67. The minimum atomic E-state index is -1.14. The zero-order valence-corrected chi connectivity index (χ0v) is 16.5. The van der Waals surface area contributed by atoms with Crippen LogP contribution in [0.3, 0.4) is 0 Å². The summed E-state index contributed by atoms with van der Waals surface area (Å²) in [5, 5.41) is 14.4. The lowest BCUT2D eigenvalue weighted by Gasteiger charge is -2.30. The van der Waals surface area contributed by atoms with Crippen molar-refractivity contribution in [2.45, 2.75) is 32.3 Å². The summed E-state index contributed by atoms with van der Waals surface area (Å²) in [5.41, 5.74) is 0.109. The maximum Gasteiger partial charge on any atom is 0.255 e. The summed E-state index contributed by atoms with van der Waals surface area (Å²) in [6.07, 6.45) is 3.69. The molecule has 5 nitrogen and oxygen atoms in total. The van der Waals surface area contributed by atoms with Crippen LogP contribution in [0.15, 0.2) is 42.6 Å². The van der Waals surface area contributed by atoms with Crippen LogP contribution in [0.4, 0.5) is 5.82 Å². The Morgan fingerprint density at radius 3 is 2.63 bits per heavy atom. The molecule has 3 rings (SSSR count). The molecule has 0 spiro atoms. The van der Waals surface area contributed by atoms with Crippen molar-refractivity contribution in [3.63, 3.8) is 0 Å². The van der Waals surface area contributed by atoms with E-state index < -0.39 is 5.60 Å². The van der Waals surface area contributed by atoms with Gasteiger partial charge < -0.3 is 15.3 Å². The van der Waals surface area contributed by atoms with Crippen LogP contribution in [0.25, 0.3) is 0 Å². The lowest BCUT2D eigenvalue weighted by molar-refractivity contribution is 0.0693. The molecule has 1 aromatic heterocycles. The van der Waals surface area contributed by atoms with E-state index in [9.17, 15) is 9.90 Å². The van der Waals surface area contributed by atoms with Crippen molar-refractivity contribution in [1.82, 2.24) is 9.88 Å². The van der Waals surface area contributed by atoms with E-state index in [1.807, 2.05) is 17.0 Å². The molecule has 1 unspecified atom stereocenters. The van der Waals surface area contributed by atoms with E-state index in [1.54, 1.807) is 37.4 Å². The minimum absolute atomic E-state index is 0.0315. The summed E-state index contributed by atoms with van der Waals surface area (Å²) in [6.45, 7) is 5.79. The number of rotatable bonds is 5. The summed E-state index contributed by atoms with van der Waals surface area (Å²) in [7, 11) is 0. The van der Waals surface area contributed by atoms with Gasteiger partial charge in [-0.1, -0.05) is 36.7 Å². The highest BCUT2D eigenvalue weighted by Gasteiger charge is 2.26. The number of aromatic nitrogens is 1. The predicted molar refractivity (Wildman–Crippen MR) is 108 cm³/mol. The molecule has 1 aliphatic heterocycles. The topological polar surface area (TPSA) is 65.5 Å². The second kappa shape index (κ2) is 8.28. The first-order chi connectivity index (χ1) is 12.9. The van der Waals surface area contributed by atoms with Crippen molar-refractivity contribution in [2.75, 3.05) is 25.0 Å². The zero-order chi connectivity index (χ0) is 19.4. The summed E-state index contributed by atoms with van der Waals surface area (Å²) >= 11 is 6.18. The van der Waals surface area contributed by atoms with Crippen LogP contribution < -0.4 is 5.32 Å². The molecule has 2 heterocycles. The van der Waals surface area contributed by atoms with E-state index >= 15 is 0 Å². The van der Waals surface area contributed by atoms with Crippen LogP contribution in [0.1, 0.15) is 42.6 Å². The van der Waals surface area contributed by atoms with Crippen molar-refractivity contribution < 1.29 is 9.90 Å². The highest BCUT2D eigenvalue weighted by Crippen LogP contribution is 2.28. The molecule has 1 fully saturated rings. The molecule has 2 aromatic rings. The summed E-state index contributed by atoms with van der Waals surface area (Å²) in [4.78, 5) is 18.8. The van der Waals surface area contributed by atoms with Gasteiger partial charge in [-0.2, -0.15) is 0 Å². The van der Waals surface area contributed by atoms with Crippen LogP contribution in [-0.2, 0) is 5.60 Å². The van der Waals surface area contributed by atoms with E-state index in [1.165, 1.54) is 0 Å². The summed E-state index contributed by atoms with van der Waals surface area (Å²) in [5.74, 6) is 1.32. The first-order valence-corrected chi connectivity index (χ1v) is 9.71. The fraction of sp³-hybridized carbons (Fsp3) is 0.429. The normalized spacial score (nSPS) is 17.4. The Kier molecular flexibility index (Phi) is 6.02. The Balaban J connectivity index is 1.61. The third-order valence-corrected chi connectivity index (χ3v) is 5.48. The quantitative estimate of drug-likeness (QED) is 0.815. The van der Waals surface area contributed by atoms with Crippen LogP contribution >= 0.6 is 11.6 Å². The number of carbonyl (C=O) groups is 1. The van der Waals surface area contributed by atoms with Gasteiger partial charge in [0.15, 0.2) is 0 Å². The Bertz CT molecular complexity index is 784. The van der Waals surface area contributed by atoms with Gasteiger partial charge in [0.05, 0.1) is 5.56 Å². The van der Waals surface area contributed by atoms with Gasteiger partial charge in [0, 0.05) is 36.4 Å². The van der Waals surface area contributed by atoms with Gasteiger partial charge in [-0.05, 0) is 43.9 Å². The Morgan fingerprint density at radius 1 is 1.30 bits per heavy atom. The van der Waals surface area contributed by atoms with Crippen LogP contribution in [0.5, 0.6) is 0 Å². The predicted octanol–water partition coefficient (Wildman–Crippen LogP) is 3.93. The Hall–Kier alpha value is -2.11. The molecule has 0 radical (unpaired) electrons. The molecule has 2 N–H and O–H groups in total. The summed E-state index contributed by atoms with van der Waals surface area (Å²) < 4.78 is 0. The van der Waals surface area contributed by atoms with E-state index in [0.717, 1.165) is 25.9 Å². The first kappa shape index (κ1) is 19.6. The number of benzene rings is 1. The molecule has 1 atom stereocenters. The van der Waals surface area contributed by atoms with Gasteiger partial charge in [0.2, 0.25) is 0 Å². The lowest BCUT2D eigenvalue weighted by Crippen LogP contribution is -2.38. The monoisotopic (exact) mass is 387 g/mol. The number of hydrogen-bond donors (Lipinski definition) is 2. The van der Waals surface area contributed by atoms with Crippen molar-refractivity contribution in [3.8, 4) is 0 Å². The number of nitrogens with one attached hydrogen (secondary N) is 1. The van der Waals surface area contributed by atoms with Crippen molar-refractivity contribution >= 4 is 23.3 Å². The van der Waals surface area contributed by atoms with Gasteiger partial charge in [-0.3, -0.25) is 4.79 Å². The van der Waals surface area contributed by atoms with Crippen LogP contribution in [0, 0.1) is 5.92 Å². The molecule has 27 heavy (non-hydrogen) atoms. The number of halogens is 1. The number of anilines is 1. The number of nitrogens with zero attached hydrogens (tertiary/aromatic N) is 2. The zero-order valence-electron chi connectivity index (χ0n) is 15.8. The van der Waals surface area contributed by atoms with E-state index in [4.69, 9.17) is 11.6 Å². The van der Waals surface area contributed by atoms with Crippen LogP contribution in [0.2, 0.25) is 5.02 Å². The smallest absolute Gasteiger partial charge is 0.255 e. The maximum absolute atomic E-state index is 12.6. The highest BCUT2D eigenvalue weighted by atomic mass is 35.5. The maximum atomic E-state index is 12.6. The Morgan fingerprint density at radius 2 is 2.00 bits per heavy atom. The number of aliphatic hydroxyl groups is 1. The molecule has 0 aliphatic carbocycles. The molecule has 6 heteroatoms.